The van der Waals surface area contributed by atoms with E-state index in [2.05, 4.69) is 18.5 Å². The molecule has 1 heterocycles. The highest BCUT2D eigenvalue weighted by atomic mass is 35.5. The Morgan fingerprint density at radius 1 is 1.39 bits per heavy atom. The Kier molecular flexibility index (Phi) is 3.83. The minimum Gasteiger partial charge on any atom is -0.495 e. The third kappa shape index (κ3) is 1.98. The van der Waals surface area contributed by atoms with Crippen molar-refractivity contribution in [3.63, 3.8) is 0 Å². The van der Waals surface area contributed by atoms with E-state index in [4.69, 9.17) is 22.1 Å². The summed E-state index contributed by atoms with van der Waals surface area (Å²) in [5.41, 5.74) is 9.17. The van der Waals surface area contributed by atoms with Crippen molar-refractivity contribution < 1.29 is 4.74 Å². The SMILES string of the molecule is COc1ccc(Cl)c2c(C)c(CCCN)n(C)c12. The Hall–Kier alpha value is -1.19. The third-order valence-electron chi connectivity index (χ3n) is 3.48. The summed E-state index contributed by atoms with van der Waals surface area (Å²) in [6, 6.07) is 3.80. The molecule has 0 spiro atoms. The molecule has 0 saturated heterocycles. The second kappa shape index (κ2) is 5.21. The van der Waals surface area contributed by atoms with Crippen molar-refractivity contribution in [3.05, 3.63) is 28.4 Å². The van der Waals surface area contributed by atoms with E-state index in [1.165, 1.54) is 11.3 Å². The van der Waals surface area contributed by atoms with Crippen molar-refractivity contribution >= 4 is 22.5 Å². The van der Waals surface area contributed by atoms with Crippen LogP contribution in [-0.4, -0.2) is 18.2 Å². The number of hydrogen-bond acceptors (Lipinski definition) is 2. The number of nitrogens with two attached hydrogens (primary N) is 1. The van der Waals surface area contributed by atoms with E-state index >= 15 is 0 Å². The van der Waals surface area contributed by atoms with Gasteiger partial charge in [0, 0.05) is 18.1 Å². The summed E-state index contributed by atoms with van der Waals surface area (Å²) >= 11 is 6.32. The van der Waals surface area contributed by atoms with Gasteiger partial charge >= 0.3 is 0 Å². The minimum atomic E-state index is 0.700. The largest absolute Gasteiger partial charge is 0.495 e. The molecular formula is C14H19ClN2O. The van der Waals surface area contributed by atoms with Crippen molar-refractivity contribution in [1.82, 2.24) is 4.57 Å². The fraction of sp³-hybridized carbons (Fsp3) is 0.429. The first-order valence-corrected chi connectivity index (χ1v) is 6.50. The molecule has 2 rings (SSSR count). The number of benzene rings is 1. The highest BCUT2D eigenvalue weighted by Gasteiger charge is 2.17. The number of nitrogens with zero attached hydrogens (tertiary/aromatic N) is 1. The molecule has 0 unspecified atom stereocenters. The van der Waals surface area contributed by atoms with Crippen LogP contribution < -0.4 is 10.5 Å². The molecule has 0 atom stereocenters. The normalized spacial score (nSPS) is 11.2. The summed E-state index contributed by atoms with van der Waals surface area (Å²) in [4.78, 5) is 0. The Labute approximate surface area is 112 Å². The number of halogens is 1. The van der Waals surface area contributed by atoms with Crippen LogP contribution in [0.4, 0.5) is 0 Å². The predicted molar refractivity (Wildman–Crippen MR) is 76.6 cm³/mol. The first-order valence-electron chi connectivity index (χ1n) is 6.12. The van der Waals surface area contributed by atoms with Crippen molar-refractivity contribution in [2.75, 3.05) is 13.7 Å². The van der Waals surface area contributed by atoms with Crippen molar-refractivity contribution in [2.24, 2.45) is 12.8 Å². The van der Waals surface area contributed by atoms with Crippen LogP contribution in [0.3, 0.4) is 0 Å². The van der Waals surface area contributed by atoms with Crippen molar-refractivity contribution in [3.8, 4) is 5.75 Å². The number of methoxy groups -OCH3 is 1. The van der Waals surface area contributed by atoms with Crippen molar-refractivity contribution in [2.45, 2.75) is 19.8 Å². The molecule has 1 aromatic carbocycles. The van der Waals surface area contributed by atoms with Gasteiger partial charge in [-0.1, -0.05) is 11.6 Å². The number of hydrogen-bond donors (Lipinski definition) is 1. The second-order valence-corrected chi connectivity index (χ2v) is 4.90. The number of fused-ring (bicyclic) bond motifs is 1. The van der Waals surface area contributed by atoms with Gasteiger partial charge in [-0.15, -0.1) is 0 Å². The number of aromatic nitrogens is 1. The van der Waals surface area contributed by atoms with Gasteiger partial charge in [0.15, 0.2) is 0 Å². The van der Waals surface area contributed by atoms with Gasteiger partial charge in [-0.2, -0.15) is 0 Å². The lowest BCUT2D eigenvalue weighted by Crippen LogP contribution is -2.04. The summed E-state index contributed by atoms with van der Waals surface area (Å²) < 4.78 is 7.60. The maximum atomic E-state index is 6.32. The smallest absolute Gasteiger partial charge is 0.143 e. The van der Waals surface area contributed by atoms with Crippen LogP contribution in [0.25, 0.3) is 10.9 Å². The molecular weight excluding hydrogens is 248 g/mol. The zero-order valence-corrected chi connectivity index (χ0v) is 11.8. The average molecular weight is 267 g/mol. The molecule has 98 valence electrons. The van der Waals surface area contributed by atoms with Gasteiger partial charge in [0.2, 0.25) is 0 Å². The van der Waals surface area contributed by atoms with Gasteiger partial charge < -0.3 is 15.0 Å². The first-order chi connectivity index (χ1) is 8.61. The Morgan fingerprint density at radius 2 is 2.11 bits per heavy atom. The molecule has 0 aliphatic heterocycles. The highest BCUT2D eigenvalue weighted by molar-refractivity contribution is 6.36. The number of aryl methyl sites for hydroxylation is 2. The zero-order chi connectivity index (χ0) is 13.3. The lowest BCUT2D eigenvalue weighted by Gasteiger charge is -2.07. The highest BCUT2D eigenvalue weighted by Crippen LogP contribution is 2.37. The number of rotatable bonds is 4. The second-order valence-electron chi connectivity index (χ2n) is 4.50. The van der Waals surface area contributed by atoms with Crippen LogP contribution in [-0.2, 0) is 13.5 Å². The first kappa shape index (κ1) is 13.2. The molecule has 0 radical (unpaired) electrons. The summed E-state index contributed by atoms with van der Waals surface area (Å²) in [7, 11) is 3.74. The van der Waals surface area contributed by atoms with Gasteiger partial charge in [0.1, 0.15) is 5.75 Å². The summed E-state index contributed by atoms with van der Waals surface area (Å²) in [5, 5.41) is 1.86. The molecule has 1 aromatic heterocycles. The lowest BCUT2D eigenvalue weighted by molar-refractivity contribution is 0.417. The zero-order valence-electron chi connectivity index (χ0n) is 11.1. The molecule has 0 aliphatic carbocycles. The monoisotopic (exact) mass is 266 g/mol. The van der Waals surface area contributed by atoms with Gasteiger partial charge in [0.25, 0.3) is 0 Å². The van der Waals surface area contributed by atoms with E-state index in [0.29, 0.717) is 6.54 Å². The molecule has 0 aliphatic rings. The van der Waals surface area contributed by atoms with Crippen LogP contribution >= 0.6 is 11.6 Å². The third-order valence-corrected chi connectivity index (χ3v) is 3.79. The molecule has 2 aromatic rings. The lowest BCUT2D eigenvalue weighted by atomic mass is 10.1. The molecule has 0 fully saturated rings. The van der Waals surface area contributed by atoms with E-state index in [1.807, 2.05) is 12.1 Å². The number of ether oxygens (including phenoxy) is 1. The molecule has 0 saturated carbocycles. The van der Waals surface area contributed by atoms with Gasteiger partial charge in [-0.05, 0) is 44.0 Å². The average Bonchev–Trinajstić information content (AvgIpc) is 2.62. The van der Waals surface area contributed by atoms with E-state index in [9.17, 15) is 0 Å². The van der Waals surface area contributed by atoms with E-state index < -0.39 is 0 Å². The molecule has 2 N–H and O–H groups in total. The Morgan fingerprint density at radius 3 is 2.72 bits per heavy atom. The van der Waals surface area contributed by atoms with Crippen molar-refractivity contribution in [1.29, 1.82) is 0 Å². The van der Waals surface area contributed by atoms with Crippen LogP contribution in [0.2, 0.25) is 5.02 Å². The quantitative estimate of drug-likeness (QED) is 0.924. The van der Waals surface area contributed by atoms with Crippen LogP contribution in [0.5, 0.6) is 5.75 Å². The fourth-order valence-electron chi connectivity index (χ4n) is 2.56. The fourth-order valence-corrected chi connectivity index (χ4v) is 2.85. The maximum Gasteiger partial charge on any atom is 0.143 e. The molecule has 0 amide bonds. The maximum absolute atomic E-state index is 6.32. The molecule has 0 bridgehead atoms. The molecule has 4 heteroatoms. The molecule has 18 heavy (non-hydrogen) atoms. The Bertz CT molecular complexity index is 575. The van der Waals surface area contributed by atoms with Gasteiger partial charge in [-0.25, -0.2) is 0 Å². The van der Waals surface area contributed by atoms with E-state index in [1.54, 1.807) is 7.11 Å². The molecule has 3 nitrogen and oxygen atoms in total. The Balaban J connectivity index is 2.71. The minimum absolute atomic E-state index is 0.700. The standard InChI is InChI=1S/C14H19ClN2O/c1-9-11(5-4-8-16)17(2)14-12(18-3)7-6-10(15)13(9)14/h6-7H,4-5,8,16H2,1-3H3. The summed E-state index contributed by atoms with van der Waals surface area (Å²) in [6.45, 7) is 2.81. The van der Waals surface area contributed by atoms with Crippen LogP contribution in [0, 0.1) is 6.92 Å². The predicted octanol–water partition coefficient (Wildman–Crippen LogP) is 3.04. The van der Waals surface area contributed by atoms with E-state index in [-0.39, 0.29) is 0 Å². The van der Waals surface area contributed by atoms with Crippen LogP contribution in [0.15, 0.2) is 12.1 Å². The van der Waals surface area contributed by atoms with Crippen LogP contribution in [0.1, 0.15) is 17.7 Å². The summed E-state index contributed by atoms with van der Waals surface area (Å²) in [5.74, 6) is 0.860. The van der Waals surface area contributed by atoms with Gasteiger partial charge in [-0.3, -0.25) is 0 Å². The topological polar surface area (TPSA) is 40.2 Å². The van der Waals surface area contributed by atoms with Gasteiger partial charge in [0.05, 0.1) is 17.6 Å². The summed E-state index contributed by atoms with van der Waals surface area (Å²) in [6.07, 6.45) is 1.94. The van der Waals surface area contributed by atoms with E-state index in [0.717, 1.165) is 34.5 Å².